The van der Waals surface area contributed by atoms with Crippen LogP contribution in [0.25, 0.3) is 0 Å². The van der Waals surface area contributed by atoms with Crippen molar-refractivity contribution in [3.8, 4) is 0 Å². The molecule has 0 aliphatic carbocycles. The quantitative estimate of drug-likeness (QED) is 0.0350. The number of hydrogen-bond donors (Lipinski definition) is 1. The molecule has 0 aromatic rings. The molecule has 0 aliphatic heterocycles. The number of carbonyl (C=O) groups excluding carboxylic acids is 3. The van der Waals surface area contributed by atoms with Gasteiger partial charge in [0.05, 0.1) is 39.6 Å². The zero-order valence-corrected chi connectivity index (χ0v) is 47.9. The molecule has 0 unspecified atom stereocenters. The van der Waals surface area contributed by atoms with Crippen LogP contribution in [-0.2, 0) is 33.2 Å². The van der Waals surface area contributed by atoms with Crippen molar-refractivity contribution >= 4 is 24.4 Å². The molecule has 0 amide bonds. The van der Waals surface area contributed by atoms with Crippen molar-refractivity contribution in [2.24, 2.45) is 0 Å². The van der Waals surface area contributed by atoms with E-state index in [9.17, 15) is 19.2 Å². The van der Waals surface area contributed by atoms with Crippen LogP contribution in [0, 0.1) is 0 Å². The highest BCUT2D eigenvalue weighted by atomic mass is 16.7. The van der Waals surface area contributed by atoms with Gasteiger partial charge in [0, 0.05) is 6.42 Å². The Morgan fingerprint density at radius 2 is 0.452 bits per heavy atom. The number of hydrogen-bond acceptors (Lipinski definition) is 12. The number of nitrogens with zero attached hydrogens (tertiary/aromatic N) is 2. The van der Waals surface area contributed by atoms with Crippen LogP contribution in [0.4, 0.5) is 14.4 Å². The summed E-state index contributed by atoms with van der Waals surface area (Å²) in [5, 5.41) is 9.13. The van der Waals surface area contributed by atoms with Crippen LogP contribution in [0.2, 0.25) is 0 Å². The fraction of sp³-hybridized carbons (Fsp3) is 0.933. The normalized spacial score (nSPS) is 11.4. The number of aliphatic carboxylic acids is 1. The van der Waals surface area contributed by atoms with E-state index in [0.717, 1.165) is 174 Å². The van der Waals surface area contributed by atoms with E-state index in [1.807, 2.05) is 0 Å². The Labute approximate surface area is 448 Å². The minimum Gasteiger partial charge on any atom is -0.481 e. The minimum absolute atomic E-state index is 0.224. The van der Waals surface area contributed by atoms with Gasteiger partial charge in [-0.05, 0) is 116 Å². The zero-order valence-electron chi connectivity index (χ0n) is 47.9. The van der Waals surface area contributed by atoms with Crippen molar-refractivity contribution in [2.75, 3.05) is 78.9 Å². The van der Waals surface area contributed by atoms with Gasteiger partial charge in [0.15, 0.2) is 0 Å². The second kappa shape index (κ2) is 58.5. The average Bonchev–Trinajstić information content (AvgIpc) is 3.37. The van der Waals surface area contributed by atoms with Crippen LogP contribution in [0.15, 0.2) is 0 Å². The largest absolute Gasteiger partial charge is 0.508 e. The SMILES string of the molecule is CCCCCCCCCCOC(=O)OCCCCCCN(CCCCCCOC(=O)OCCCCCCCCCC)CCCN(CCCCCCOC(=O)OCCCCCCCCCC)CCCCCC(=O)O. The molecule has 0 aromatic heterocycles. The Hall–Kier alpha value is -2.80. The molecule has 13 heteroatoms. The van der Waals surface area contributed by atoms with E-state index in [2.05, 4.69) is 30.6 Å². The maximum absolute atomic E-state index is 12.1. The van der Waals surface area contributed by atoms with Gasteiger partial charge in [0.1, 0.15) is 0 Å². The summed E-state index contributed by atoms with van der Waals surface area (Å²) in [4.78, 5) is 52.5. The van der Waals surface area contributed by atoms with Crippen molar-refractivity contribution in [3.63, 3.8) is 0 Å². The summed E-state index contributed by atoms with van der Waals surface area (Å²) < 4.78 is 31.9. The third-order valence-electron chi connectivity index (χ3n) is 13.7. The molecular formula is C60H116N2O11. The van der Waals surface area contributed by atoms with Crippen molar-refractivity contribution in [2.45, 2.75) is 284 Å². The highest BCUT2D eigenvalue weighted by Gasteiger charge is 2.11. The lowest BCUT2D eigenvalue weighted by atomic mass is 10.1. The van der Waals surface area contributed by atoms with Crippen LogP contribution in [0.1, 0.15) is 284 Å². The Kier molecular flexibility index (Phi) is 56.2. The summed E-state index contributed by atoms with van der Waals surface area (Å²) in [6.45, 7) is 15.2. The number of carbonyl (C=O) groups is 4. The smallest absolute Gasteiger partial charge is 0.481 e. The van der Waals surface area contributed by atoms with Crippen LogP contribution in [0.3, 0.4) is 0 Å². The van der Waals surface area contributed by atoms with Gasteiger partial charge < -0.3 is 43.3 Å². The van der Waals surface area contributed by atoms with Gasteiger partial charge in [-0.1, -0.05) is 201 Å². The second-order valence-electron chi connectivity index (χ2n) is 20.7. The maximum Gasteiger partial charge on any atom is 0.508 e. The zero-order chi connectivity index (χ0) is 53.2. The summed E-state index contributed by atoms with van der Waals surface area (Å²) in [6.07, 6.45) is 43.2. The molecule has 0 atom stereocenters. The first-order valence-electron chi connectivity index (χ1n) is 30.9. The monoisotopic (exact) mass is 1040 g/mol. The molecule has 0 saturated heterocycles. The van der Waals surface area contributed by atoms with Crippen LogP contribution in [-0.4, -0.2) is 118 Å². The fourth-order valence-corrected chi connectivity index (χ4v) is 9.12. The van der Waals surface area contributed by atoms with E-state index in [0.29, 0.717) is 46.1 Å². The number of carboxylic acids is 1. The lowest BCUT2D eigenvalue weighted by Gasteiger charge is -2.26. The Bertz CT molecular complexity index is 1150. The van der Waals surface area contributed by atoms with Crippen LogP contribution < -0.4 is 0 Å². The van der Waals surface area contributed by atoms with Crippen molar-refractivity contribution < 1.29 is 52.7 Å². The Morgan fingerprint density at radius 3 is 0.685 bits per heavy atom. The van der Waals surface area contributed by atoms with Gasteiger partial charge >= 0.3 is 24.4 Å². The molecule has 0 bridgehead atoms. The molecule has 0 saturated carbocycles. The molecule has 0 aliphatic rings. The molecular weight excluding hydrogens is 925 g/mol. The topological polar surface area (TPSA) is 150 Å². The van der Waals surface area contributed by atoms with E-state index >= 15 is 0 Å². The van der Waals surface area contributed by atoms with E-state index < -0.39 is 24.4 Å². The summed E-state index contributed by atoms with van der Waals surface area (Å²) in [5.41, 5.74) is 0. The highest BCUT2D eigenvalue weighted by molar-refractivity contribution is 5.66. The third kappa shape index (κ3) is 56.8. The maximum atomic E-state index is 12.1. The van der Waals surface area contributed by atoms with Gasteiger partial charge in [0.2, 0.25) is 0 Å². The van der Waals surface area contributed by atoms with E-state index in [-0.39, 0.29) is 6.42 Å². The Morgan fingerprint density at radius 1 is 0.260 bits per heavy atom. The number of rotatable bonds is 58. The highest BCUT2D eigenvalue weighted by Crippen LogP contribution is 2.14. The first kappa shape index (κ1) is 70.2. The van der Waals surface area contributed by atoms with E-state index in [1.54, 1.807) is 0 Å². The average molecular weight is 1040 g/mol. The molecule has 0 spiro atoms. The molecule has 73 heavy (non-hydrogen) atoms. The number of unbranched alkanes of at least 4 members (excludes halogenated alkanes) is 32. The van der Waals surface area contributed by atoms with Crippen molar-refractivity contribution in [1.29, 1.82) is 0 Å². The summed E-state index contributed by atoms with van der Waals surface area (Å²) in [6, 6.07) is 0. The molecule has 0 aromatic carbocycles. The van der Waals surface area contributed by atoms with Gasteiger partial charge in [-0.3, -0.25) is 4.79 Å². The van der Waals surface area contributed by atoms with Gasteiger partial charge in [-0.2, -0.15) is 0 Å². The fourth-order valence-electron chi connectivity index (χ4n) is 9.12. The molecule has 0 heterocycles. The molecule has 13 nitrogen and oxygen atoms in total. The van der Waals surface area contributed by atoms with Crippen LogP contribution >= 0.6 is 0 Å². The minimum atomic E-state index is -0.729. The van der Waals surface area contributed by atoms with E-state index in [4.69, 9.17) is 33.5 Å². The number of carboxylic acid groups (broad SMARTS) is 1. The van der Waals surface area contributed by atoms with Crippen LogP contribution in [0.5, 0.6) is 0 Å². The second-order valence-corrected chi connectivity index (χ2v) is 20.7. The summed E-state index contributed by atoms with van der Waals surface area (Å²) in [7, 11) is 0. The van der Waals surface area contributed by atoms with Crippen molar-refractivity contribution in [3.05, 3.63) is 0 Å². The van der Waals surface area contributed by atoms with Crippen molar-refractivity contribution in [1.82, 2.24) is 9.80 Å². The summed E-state index contributed by atoms with van der Waals surface area (Å²) in [5.74, 6) is -0.729. The molecule has 0 rings (SSSR count). The lowest BCUT2D eigenvalue weighted by molar-refractivity contribution is -0.137. The van der Waals surface area contributed by atoms with Gasteiger partial charge in [-0.25, -0.2) is 14.4 Å². The predicted molar refractivity (Wildman–Crippen MR) is 299 cm³/mol. The predicted octanol–water partition coefficient (Wildman–Crippen LogP) is 17.2. The number of ether oxygens (including phenoxy) is 6. The molecule has 1 N–H and O–H groups in total. The lowest BCUT2D eigenvalue weighted by Crippen LogP contribution is -2.32. The summed E-state index contributed by atoms with van der Waals surface area (Å²) >= 11 is 0. The molecule has 0 radical (unpaired) electrons. The Balaban J connectivity index is 4.76. The first-order valence-corrected chi connectivity index (χ1v) is 30.9. The van der Waals surface area contributed by atoms with E-state index in [1.165, 1.54) is 116 Å². The molecule has 432 valence electrons. The standard InChI is InChI=1S/C60H116N2O11/c1-4-7-10-13-16-19-25-37-51-68-58(65)71-54-40-28-22-33-45-61(46-34-23-29-41-55-72-59(66)69-52-38-26-20-17-14-11-8-5-2)49-43-50-62(48-36-31-32-44-57(63)64)47-35-24-30-42-56-73-60(67)70-53-39-27-21-18-15-12-9-6-3/h4-56H2,1-3H3,(H,63,64). The molecule has 0 fully saturated rings. The third-order valence-corrected chi connectivity index (χ3v) is 13.7. The first-order chi connectivity index (χ1) is 35.8. The van der Waals surface area contributed by atoms with Gasteiger partial charge in [-0.15, -0.1) is 0 Å². The van der Waals surface area contributed by atoms with Gasteiger partial charge in [0.25, 0.3) is 0 Å².